The molecule has 5 atom stereocenters. The van der Waals surface area contributed by atoms with E-state index in [1.54, 1.807) is 0 Å². The predicted molar refractivity (Wildman–Crippen MR) is 82.2 cm³/mol. The van der Waals surface area contributed by atoms with Gasteiger partial charge >= 0.3 is 8.80 Å². The van der Waals surface area contributed by atoms with Gasteiger partial charge in [0.1, 0.15) is 11.6 Å². The molecule has 4 aliphatic rings. The van der Waals surface area contributed by atoms with Crippen molar-refractivity contribution in [3.63, 3.8) is 0 Å². The summed E-state index contributed by atoms with van der Waals surface area (Å²) in [5.41, 5.74) is -0.483. The van der Waals surface area contributed by atoms with Crippen LogP contribution in [0, 0.1) is 5.92 Å². The van der Waals surface area contributed by atoms with Crippen LogP contribution >= 0.6 is 0 Å². The standard InChI is InChI=1S/C15H26N2O4Si/c1-10-12-14(2,3)21-22(19-10,20-12)8-4-6-16-13(18)15-9-11(15)5-7-17-15/h10-12,17H,4-9H2,1-3H3,(H,16,18). The summed E-state index contributed by atoms with van der Waals surface area (Å²) < 4.78 is 18.2. The minimum Gasteiger partial charge on any atom is -0.368 e. The maximum Gasteiger partial charge on any atom is 0.502 e. The molecule has 1 amide bonds. The van der Waals surface area contributed by atoms with Crippen molar-refractivity contribution in [3.05, 3.63) is 0 Å². The first-order valence-electron chi connectivity index (χ1n) is 8.46. The Bertz CT molecular complexity index is 502. The summed E-state index contributed by atoms with van der Waals surface area (Å²) in [7, 11) is -2.51. The maximum atomic E-state index is 12.3. The molecule has 7 heteroatoms. The molecule has 5 unspecified atom stereocenters. The Kier molecular flexibility index (Phi) is 3.27. The third-order valence-electron chi connectivity index (χ3n) is 5.59. The molecule has 0 radical (unpaired) electrons. The third-order valence-corrected chi connectivity index (χ3v) is 8.74. The van der Waals surface area contributed by atoms with E-state index >= 15 is 0 Å². The van der Waals surface area contributed by atoms with Crippen molar-refractivity contribution in [1.29, 1.82) is 0 Å². The van der Waals surface area contributed by atoms with E-state index in [-0.39, 0.29) is 29.3 Å². The minimum absolute atomic E-state index is 0.0440. The average molecular weight is 326 g/mol. The Morgan fingerprint density at radius 1 is 1.41 bits per heavy atom. The van der Waals surface area contributed by atoms with Gasteiger partial charge in [-0.2, -0.15) is 0 Å². The molecule has 0 spiro atoms. The fourth-order valence-electron chi connectivity index (χ4n) is 4.43. The van der Waals surface area contributed by atoms with Crippen molar-refractivity contribution in [2.24, 2.45) is 5.92 Å². The van der Waals surface area contributed by atoms with Crippen LogP contribution in [0.1, 0.15) is 40.0 Å². The highest BCUT2D eigenvalue weighted by Crippen LogP contribution is 2.49. The third kappa shape index (κ3) is 2.17. The molecule has 1 aliphatic carbocycles. The number of hydrogen-bond donors (Lipinski definition) is 2. The van der Waals surface area contributed by atoms with Crippen molar-refractivity contribution in [3.8, 4) is 0 Å². The fraction of sp³-hybridized carbons (Fsp3) is 0.933. The van der Waals surface area contributed by atoms with Crippen molar-refractivity contribution in [1.82, 2.24) is 10.6 Å². The van der Waals surface area contributed by atoms with Crippen molar-refractivity contribution >= 4 is 14.7 Å². The van der Waals surface area contributed by atoms with E-state index in [2.05, 4.69) is 31.4 Å². The number of fused-ring (bicyclic) bond motifs is 3. The summed E-state index contributed by atoms with van der Waals surface area (Å²) >= 11 is 0. The van der Waals surface area contributed by atoms with E-state index in [0.717, 1.165) is 31.9 Å². The Labute approximate surface area is 132 Å². The number of carbonyl (C=O) groups excluding carboxylic acids is 1. The number of piperidine rings is 1. The van der Waals surface area contributed by atoms with Crippen LogP contribution in [0.2, 0.25) is 6.04 Å². The Morgan fingerprint density at radius 3 is 2.82 bits per heavy atom. The van der Waals surface area contributed by atoms with E-state index < -0.39 is 8.80 Å². The van der Waals surface area contributed by atoms with Gasteiger partial charge in [0.2, 0.25) is 5.91 Å². The summed E-state index contributed by atoms with van der Waals surface area (Å²) in [6.07, 6.45) is 3.13. The molecule has 124 valence electrons. The van der Waals surface area contributed by atoms with E-state index in [9.17, 15) is 4.79 Å². The zero-order chi connectivity index (χ0) is 15.6. The van der Waals surface area contributed by atoms with Gasteiger partial charge in [-0.05, 0) is 52.5 Å². The predicted octanol–water partition coefficient (Wildman–Crippen LogP) is 0.796. The second-order valence-corrected chi connectivity index (χ2v) is 10.2. The second-order valence-electron chi connectivity index (χ2n) is 7.70. The monoisotopic (exact) mass is 326 g/mol. The van der Waals surface area contributed by atoms with Crippen LogP contribution in [-0.4, -0.2) is 51.1 Å². The lowest BCUT2D eigenvalue weighted by atomic mass is 9.98. The summed E-state index contributed by atoms with van der Waals surface area (Å²) in [6, 6.07) is 0.779. The molecular formula is C15H26N2O4Si. The molecule has 4 fully saturated rings. The summed E-state index contributed by atoms with van der Waals surface area (Å²) in [5, 5.41) is 6.42. The topological polar surface area (TPSA) is 68.8 Å². The van der Waals surface area contributed by atoms with Gasteiger partial charge in [-0.25, -0.2) is 0 Å². The summed E-state index contributed by atoms with van der Waals surface area (Å²) in [6.45, 7) is 7.84. The first-order valence-corrected chi connectivity index (χ1v) is 10.4. The molecule has 0 aromatic rings. The molecular weight excluding hydrogens is 300 g/mol. The lowest BCUT2D eigenvalue weighted by molar-refractivity contribution is -0.124. The first kappa shape index (κ1) is 15.1. The van der Waals surface area contributed by atoms with E-state index in [1.165, 1.54) is 0 Å². The smallest absolute Gasteiger partial charge is 0.368 e. The van der Waals surface area contributed by atoms with Crippen LogP contribution in [0.3, 0.4) is 0 Å². The van der Waals surface area contributed by atoms with Crippen LogP contribution in [0.4, 0.5) is 0 Å². The molecule has 6 nitrogen and oxygen atoms in total. The van der Waals surface area contributed by atoms with Crippen LogP contribution in [0.25, 0.3) is 0 Å². The van der Waals surface area contributed by atoms with Gasteiger partial charge in [0.25, 0.3) is 0 Å². The van der Waals surface area contributed by atoms with Crippen LogP contribution < -0.4 is 10.6 Å². The van der Waals surface area contributed by atoms with Crippen LogP contribution in [-0.2, 0) is 18.1 Å². The van der Waals surface area contributed by atoms with Gasteiger partial charge in [-0.15, -0.1) is 0 Å². The molecule has 4 rings (SSSR count). The van der Waals surface area contributed by atoms with Crippen molar-refractivity contribution in [2.45, 2.75) is 69.4 Å². The zero-order valence-electron chi connectivity index (χ0n) is 13.6. The average Bonchev–Trinajstić information content (AvgIpc) is 2.75. The second kappa shape index (κ2) is 4.77. The highest BCUT2D eigenvalue weighted by molar-refractivity contribution is 6.62. The molecule has 0 aromatic heterocycles. The van der Waals surface area contributed by atoms with Gasteiger partial charge < -0.3 is 23.9 Å². The molecule has 3 aliphatic heterocycles. The lowest BCUT2D eigenvalue weighted by Crippen LogP contribution is -2.50. The minimum atomic E-state index is -2.51. The quantitative estimate of drug-likeness (QED) is 0.578. The van der Waals surface area contributed by atoms with Crippen molar-refractivity contribution < 1.29 is 18.1 Å². The maximum absolute atomic E-state index is 12.3. The fourth-order valence-corrected chi connectivity index (χ4v) is 8.00. The normalized spacial score (nSPS) is 47.5. The highest BCUT2D eigenvalue weighted by atomic mass is 28.4. The Morgan fingerprint density at radius 2 is 2.23 bits per heavy atom. The number of hydrogen-bond acceptors (Lipinski definition) is 5. The summed E-state index contributed by atoms with van der Waals surface area (Å²) in [4.78, 5) is 12.3. The lowest BCUT2D eigenvalue weighted by Gasteiger charge is -2.34. The number of rotatable bonds is 5. The first-order chi connectivity index (χ1) is 10.4. The SMILES string of the molecule is CC1O[Si]2(CCCNC(=O)C34CC3CCN4)OC1C(C)(C)O2. The summed E-state index contributed by atoms with van der Waals surface area (Å²) in [5.74, 6) is 0.726. The molecule has 3 heterocycles. The van der Waals surface area contributed by atoms with Gasteiger partial charge in [0, 0.05) is 12.6 Å². The van der Waals surface area contributed by atoms with Gasteiger partial charge in [-0.3, -0.25) is 4.79 Å². The number of nitrogens with one attached hydrogen (secondary N) is 2. The largest absolute Gasteiger partial charge is 0.502 e. The number of carbonyl (C=O) groups is 1. The van der Waals surface area contributed by atoms with Gasteiger partial charge in [-0.1, -0.05) is 0 Å². The Hall–Kier alpha value is -0.473. The molecule has 1 saturated carbocycles. The molecule has 3 saturated heterocycles. The molecule has 2 N–H and O–H groups in total. The van der Waals surface area contributed by atoms with E-state index in [0.29, 0.717) is 12.5 Å². The van der Waals surface area contributed by atoms with Gasteiger partial charge in [0.05, 0.1) is 11.7 Å². The van der Waals surface area contributed by atoms with Crippen LogP contribution in [0.15, 0.2) is 0 Å². The number of amides is 1. The highest BCUT2D eigenvalue weighted by Gasteiger charge is 2.65. The molecule has 22 heavy (non-hydrogen) atoms. The Balaban J connectivity index is 1.25. The van der Waals surface area contributed by atoms with E-state index in [4.69, 9.17) is 13.3 Å². The van der Waals surface area contributed by atoms with Gasteiger partial charge in [0.15, 0.2) is 0 Å². The molecule has 2 bridgehead atoms. The van der Waals surface area contributed by atoms with Crippen molar-refractivity contribution in [2.75, 3.05) is 13.1 Å². The van der Waals surface area contributed by atoms with Crippen LogP contribution in [0.5, 0.6) is 0 Å². The van der Waals surface area contributed by atoms with E-state index in [1.807, 2.05) is 0 Å². The zero-order valence-corrected chi connectivity index (χ0v) is 14.6. The molecule has 0 aromatic carbocycles.